The summed E-state index contributed by atoms with van der Waals surface area (Å²) in [6.07, 6.45) is 1.71. The molecule has 168 valence electrons. The Labute approximate surface area is 189 Å². The number of benzene rings is 2. The van der Waals surface area contributed by atoms with E-state index in [2.05, 4.69) is 20.8 Å². The van der Waals surface area contributed by atoms with Gasteiger partial charge in [0, 0.05) is 18.7 Å². The van der Waals surface area contributed by atoms with E-state index in [0.29, 0.717) is 18.7 Å². The second-order valence-corrected chi connectivity index (χ2v) is 9.82. The van der Waals surface area contributed by atoms with Crippen LogP contribution in [0.2, 0.25) is 0 Å². The SMILES string of the molecule is Cc1ccc(/C(O)=C2\C(=O)C(=O)N(CC3CCCO3)C2c2ccc(C(C)(C)C)cc2)cc1. The molecule has 2 unspecified atom stereocenters. The van der Waals surface area contributed by atoms with Crippen LogP contribution in [0.15, 0.2) is 54.1 Å². The molecule has 0 radical (unpaired) electrons. The molecule has 5 nitrogen and oxygen atoms in total. The van der Waals surface area contributed by atoms with Crippen LogP contribution in [-0.4, -0.2) is 41.0 Å². The first-order valence-corrected chi connectivity index (χ1v) is 11.2. The van der Waals surface area contributed by atoms with E-state index < -0.39 is 17.7 Å². The summed E-state index contributed by atoms with van der Waals surface area (Å²) in [5.41, 5.74) is 3.68. The molecule has 2 aliphatic heterocycles. The molecular weight excluding hydrogens is 402 g/mol. The molecule has 2 heterocycles. The van der Waals surface area contributed by atoms with Gasteiger partial charge in [-0.15, -0.1) is 0 Å². The summed E-state index contributed by atoms with van der Waals surface area (Å²) in [5, 5.41) is 11.1. The van der Waals surface area contributed by atoms with E-state index in [9.17, 15) is 14.7 Å². The number of carbonyl (C=O) groups excluding carboxylic acids is 2. The molecule has 1 N–H and O–H groups in total. The molecule has 2 aromatic carbocycles. The minimum absolute atomic E-state index is 0.0140. The Morgan fingerprint density at radius 2 is 1.72 bits per heavy atom. The third-order valence-corrected chi connectivity index (χ3v) is 6.38. The molecular formula is C27H31NO4. The number of Topliss-reactive ketones (excluding diaryl/α,β-unsaturated/α-hetero) is 1. The maximum Gasteiger partial charge on any atom is 0.295 e. The normalized spacial score (nSPS) is 23.2. The Kier molecular flexibility index (Phi) is 5.95. The average Bonchev–Trinajstić information content (AvgIpc) is 3.36. The predicted molar refractivity (Wildman–Crippen MR) is 124 cm³/mol. The maximum absolute atomic E-state index is 13.1. The average molecular weight is 434 g/mol. The maximum atomic E-state index is 13.1. The van der Waals surface area contributed by atoms with Gasteiger partial charge in [-0.25, -0.2) is 0 Å². The molecule has 2 fully saturated rings. The summed E-state index contributed by atoms with van der Waals surface area (Å²) in [5.74, 6) is -1.37. The number of aliphatic hydroxyl groups is 1. The number of amides is 1. The second kappa shape index (κ2) is 8.55. The quantitative estimate of drug-likeness (QED) is 0.423. The van der Waals surface area contributed by atoms with Crippen LogP contribution in [-0.2, 0) is 19.7 Å². The summed E-state index contributed by atoms with van der Waals surface area (Å²) in [7, 11) is 0. The Morgan fingerprint density at radius 3 is 2.28 bits per heavy atom. The lowest BCUT2D eigenvalue weighted by molar-refractivity contribution is -0.140. The summed E-state index contributed by atoms with van der Waals surface area (Å²) < 4.78 is 5.76. The van der Waals surface area contributed by atoms with Crippen molar-refractivity contribution in [2.24, 2.45) is 0 Å². The van der Waals surface area contributed by atoms with Crippen LogP contribution in [0, 0.1) is 6.92 Å². The largest absolute Gasteiger partial charge is 0.507 e. The third-order valence-electron chi connectivity index (χ3n) is 6.38. The molecule has 5 heteroatoms. The molecule has 2 aromatic rings. The lowest BCUT2D eigenvalue weighted by Crippen LogP contribution is -2.36. The number of aliphatic hydroxyl groups excluding tert-OH is 1. The zero-order valence-corrected chi connectivity index (χ0v) is 19.2. The monoisotopic (exact) mass is 433 g/mol. The van der Waals surface area contributed by atoms with Gasteiger partial charge >= 0.3 is 0 Å². The van der Waals surface area contributed by atoms with Crippen LogP contribution in [0.5, 0.6) is 0 Å². The minimum Gasteiger partial charge on any atom is -0.507 e. The predicted octanol–water partition coefficient (Wildman–Crippen LogP) is 4.89. The first kappa shape index (κ1) is 22.3. The molecule has 0 bridgehead atoms. The van der Waals surface area contributed by atoms with Crippen LogP contribution in [0.25, 0.3) is 5.76 Å². The van der Waals surface area contributed by atoms with E-state index in [1.807, 2.05) is 43.3 Å². The highest BCUT2D eigenvalue weighted by molar-refractivity contribution is 6.46. The molecule has 0 aliphatic carbocycles. The van der Waals surface area contributed by atoms with Crippen LogP contribution in [0.1, 0.15) is 61.9 Å². The molecule has 1 amide bonds. The summed E-state index contributed by atoms with van der Waals surface area (Å²) in [6.45, 7) is 9.39. The number of carbonyl (C=O) groups is 2. The van der Waals surface area contributed by atoms with E-state index in [4.69, 9.17) is 4.74 Å². The van der Waals surface area contributed by atoms with Crippen LogP contribution in [0.3, 0.4) is 0 Å². The van der Waals surface area contributed by atoms with Gasteiger partial charge in [-0.3, -0.25) is 9.59 Å². The van der Waals surface area contributed by atoms with Crippen molar-refractivity contribution in [3.05, 3.63) is 76.4 Å². The lowest BCUT2D eigenvalue weighted by Gasteiger charge is -2.28. The molecule has 4 rings (SSSR count). The summed E-state index contributed by atoms with van der Waals surface area (Å²) in [4.78, 5) is 27.8. The fourth-order valence-corrected chi connectivity index (χ4v) is 4.45. The van der Waals surface area contributed by atoms with Gasteiger partial charge in [-0.05, 0) is 36.3 Å². The van der Waals surface area contributed by atoms with E-state index in [-0.39, 0.29) is 22.9 Å². The molecule has 0 saturated carbocycles. The van der Waals surface area contributed by atoms with E-state index in [0.717, 1.165) is 29.5 Å². The Hall–Kier alpha value is -2.92. The van der Waals surface area contributed by atoms with Gasteiger partial charge < -0.3 is 14.7 Å². The van der Waals surface area contributed by atoms with Crippen molar-refractivity contribution in [3.63, 3.8) is 0 Å². The number of nitrogens with zero attached hydrogens (tertiary/aromatic N) is 1. The standard InChI is InChI=1S/C27H31NO4/c1-17-7-9-19(10-8-17)24(29)22-23(18-11-13-20(14-12-18)27(2,3)4)28(26(31)25(22)30)16-21-6-5-15-32-21/h7-14,21,23,29H,5-6,15-16H2,1-4H3/b24-22+. The highest BCUT2D eigenvalue weighted by atomic mass is 16.5. The van der Waals surface area contributed by atoms with E-state index in [1.165, 1.54) is 0 Å². The first-order chi connectivity index (χ1) is 15.2. The Morgan fingerprint density at radius 1 is 1.06 bits per heavy atom. The highest BCUT2D eigenvalue weighted by Gasteiger charge is 2.47. The minimum atomic E-state index is -0.647. The second-order valence-electron chi connectivity index (χ2n) is 9.82. The number of rotatable bonds is 4. The van der Waals surface area contributed by atoms with Gasteiger partial charge in [0.05, 0.1) is 17.7 Å². The number of hydrogen-bond donors (Lipinski definition) is 1. The van der Waals surface area contributed by atoms with Gasteiger partial charge in [-0.2, -0.15) is 0 Å². The summed E-state index contributed by atoms with van der Waals surface area (Å²) >= 11 is 0. The van der Waals surface area contributed by atoms with E-state index in [1.54, 1.807) is 17.0 Å². The van der Waals surface area contributed by atoms with Crippen molar-refractivity contribution < 1.29 is 19.4 Å². The lowest BCUT2D eigenvalue weighted by atomic mass is 9.85. The molecule has 2 saturated heterocycles. The molecule has 2 aliphatic rings. The fourth-order valence-electron chi connectivity index (χ4n) is 4.45. The van der Waals surface area contributed by atoms with Crippen LogP contribution < -0.4 is 0 Å². The van der Waals surface area contributed by atoms with Crippen LogP contribution in [0.4, 0.5) is 0 Å². The van der Waals surface area contributed by atoms with Gasteiger partial charge in [0.1, 0.15) is 5.76 Å². The van der Waals surface area contributed by atoms with Crippen molar-refractivity contribution >= 4 is 17.4 Å². The van der Waals surface area contributed by atoms with Crippen molar-refractivity contribution in [3.8, 4) is 0 Å². The summed E-state index contributed by atoms with van der Waals surface area (Å²) in [6, 6.07) is 14.7. The smallest absolute Gasteiger partial charge is 0.295 e. The van der Waals surface area contributed by atoms with Crippen molar-refractivity contribution in [1.29, 1.82) is 0 Å². The Bertz CT molecular complexity index is 1040. The molecule has 32 heavy (non-hydrogen) atoms. The van der Waals surface area contributed by atoms with Gasteiger partial charge in [0.15, 0.2) is 0 Å². The third kappa shape index (κ3) is 4.22. The van der Waals surface area contributed by atoms with Crippen LogP contribution >= 0.6 is 0 Å². The van der Waals surface area contributed by atoms with Crippen molar-refractivity contribution in [2.45, 2.75) is 58.1 Å². The van der Waals surface area contributed by atoms with Gasteiger partial charge in [0.25, 0.3) is 11.7 Å². The molecule has 2 atom stereocenters. The molecule has 0 aromatic heterocycles. The number of ether oxygens (including phenoxy) is 1. The van der Waals surface area contributed by atoms with Gasteiger partial charge in [0.2, 0.25) is 0 Å². The van der Waals surface area contributed by atoms with E-state index >= 15 is 0 Å². The van der Waals surface area contributed by atoms with Gasteiger partial charge in [-0.1, -0.05) is 74.9 Å². The zero-order valence-electron chi connectivity index (χ0n) is 19.2. The number of aryl methyl sites for hydroxylation is 1. The fraction of sp³-hybridized carbons (Fsp3) is 0.407. The Balaban J connectivity index is 1.81. The zero-order chi connectivity index (χ0) is 23.0. The van der Waals surface area contributed by atoms with Crippen molar-refractivity contribution in [2.75, 3.05) is 13.2 Å². The van der Waals surface area contributed by atoms with Crippen molar-refractivity contribution in [1.82, 2.24) is 4.90 Å². The highest BCUT2D eigenvalue weighted by Crippen LogP contribution is 2.40. The number of likely N-dealkylation sites (tertiary alicyclic amines) is 1. The number of hydrogen-bond acceptors (Lipinski definition) is 4. The first-order valence-electron chi connectivity index (χ1n) is 11.2. The number of ketones is 1. The molecule has 0 spiro atoms. The topological polar surface area (TPSA) is 66.8 Å².